The molecule has 0 saturated carbocycles. The van der Waals surface area contributed by atoms with E-state index in [9.17, 15) is 18.4 Å². The Balaban J connectivity index is 1.66. The van der Waals surface area contributed by atoms with Crippen LogP contribution in [-0.4, -0.2) is 31.6 Å². The molecule has 0 saturated heterocycles. The zero-order chi connectivity index (χ0) is 19.4. The predicted octanol–water partition coefficient (Wildman–Crippen LogP) is 3.02. The maximum atomic E-state index is 12.5. The van der Waals surface area contributed by atoms with Crippen molar-refractivity contribution in [3.63, 3.8) is 0 Å². The third-order valence-electron chi connectivity index (χ3n) is 3.74. The van der Waals surface area contributed by atoms with E-state index in [1.807, 2.05) is 0 Å². The fourth-order valence-corrected chi connectivity index (χ4v) is 2.55. The summed E-state index contributed by atoms with van der Waals surface area (Å²) in [5.41, 5.74) is 0.746. The van der Waals surface area contributed by atoms with E-state index in [1.165, 1.54) is 25.3 Å². The Kier molecular flexibility index (Phi) is 5.39. The van der Waals surface area contributed by atoms with Crippen LogP contribution in [-0.2, 0) is 9.59 Å². The predicted molar refractivity (Wildman–Crippen MR) is 92.4 cm³/mol. The minimum atomic E-state index is -3.04. The van der Waals surface area contributed by atoms with E-state index in [-0.39, 0.29) is 23.6 Å². The van der Waals surface area contributed by atoms with Crippen LogP contribution in [0.15, 0.2) is 42.5 Å². The molecule has 2 aromatic carbocycles. The second-order valence-corrected chi connectivity index (χ2v) is 5.59. The lowest BCUT2D eigenvalue weighted by Gasteiger charge is -2.25. The monoisotopic (exact) mass is 378 g/mol. The van der Waals surface area contributed by atoms with Gasteiger partial charge in [-0.2, -0.15) is 8.78 Å². The number of ether oxygens (including phenoxy) is 3. The highest BCUT2D eigenvalue weighted by Gasteiger charge is 2.29. The minimum absolute atomic E-state index is 0.0971. The first kappa shape index (κ1) is 18.4. The maximum Gasteiger partial charge on any atom is 0.387 e. The number of para-hydroxylation sites is 2. The number of anilines is 2. The summed E-state index contributed by atoms with van der Waals surface area (Å²) in [6, 6.07) is 10.9. The van der Waals surface area contributed by atoms with E-state index in [0.717, 1.165) is 0 Å². The zero-order valence-corrected chi connectivity index (χ0v) is 14.2. The summed E-state index contributed by atoms with van der Waals surface area (Å²) in [6.45, 7) is -3.04. The Morgan fingerprint density at radius 1 is 1.26 bits per heavy atom. The maximum absolute atomic E-state index is 12.5. The fraction of sp³-hybridized carbons (Fsp3) is 0.222. The molecule has 0 radical (unpaired) electrons. The Morgan fingerprint density at radius 3 is 2.78 bits per heavy atom. The summed E-state index contributed by atoms with van der Waals surface area (Å²) >= 11 is 0. The van der Waals surface area contributed by atoms with Crippen LogP contribution in [0.2, 0.25) is 0 Å². The van der Waals surface area contributed by atoms with E-state index >= 15 is 0 Å². The fourth-order valence-electron chi connectivity index (χ4n) is 2.55. The number of alkyl halides is 2. The number of nitrogens with one attached hydrogen (secondary N) is 2. The molecule has 0 bridgehead atoms. The molecule has 7 nitrogen and oxygen atoms in total. The summed E-state index contributed by atoms with van der Waals surface area (Å²) in [5, 5.41) is 5.18. The van der Waals surface area contributed by atoms with E-state index in [2.05, 4.69) is 15.4 Å². The summed E-state index contributed by atoms with van der Waals surface area (Å²) in [7, 11) is 1.31. The number of amides is 2. The van der Waals surface area contributed by atoms with Gasteiger partial charge in [-0.1, -0.05) is 12.1 Å². The highest BCUT2D eigenvalue weighted by Crippen LogP contribution is 2.32. The standard InChI is InChI=1S/C18H16F2N2O5/c1-25-13-7-6-10(8-14(13)27-18(19)20)21-16(23)9-15-17(24)22-11-4-2-3-5-12(11)26-15/h2-8,15,18H,9H2,1H3,(H,21,23)(H,22,24). The van der Waals surface area contributed by atoms with Gasteiger partial charge in [-0.25, -0.2) is 0 Å². The number of halogens is 2. The first-order chi connectivity index (χ1) is 13.0. The second kappa shape index (κ2) is 7.90. The lowest BCUT2D eigenvalue weighted by Crippen LogP contribution is -2.39. The van der Waals surface area contributed by atoms with Gasteiger partial charge in [0.2, 0.25) is 5.91 Å². The third-order valence-corrected chi connectivity index (χ3v) is 3.74. The summed E-state index contributed by atoms with van der Waals surface area (Å²) < 4.78 is 39.8. The molecule has 27 heavy (non-hydrogen) atoms. The summed E-state index contributed by atoms with van der Waals surface area (Å²) in [6.07, 6.45) is -1.26. The van der Waals surface area contributed by atoms with Gasteiger partial charge in [0.1, 0.15) is 5.75 Å². The molecule has 1 aliphatic heterocycles. The van der Waals surface area contributed by atoms with Crippen LogP contribution < -0.4 is 24.8 Å². The molecule has 1 heterocycles. The molecular weight excluding hydrogens is 362 g/mol. The molecule has 0 aliphatic carbocycles. The van der Waals surface area contributed by atoms with Crippen LogP contribution in [0.3, 0.4) is 0 Å². The van der Waals surface area contributed by atoms with Gasteiger partial charge in [-0.15, -0.1) is 0 Å². The topological polar surface area (TPSA) is 85.9 Å². The lowest BCUT2D eigenvalue weighted by atomic mass is 10.1. The molecule has 1 unspecified atom stereocenters. The number of carbonyl (C=O) groups is 2. The molecule has 1 aliphatic rings. The number of hydrogen-bond acceptors (Lipinski definition) is 5. The van der Waals surface area contributed by atoms with Crippen LogP contribution in [0.25, 0.3) is 0 Å². The average Bonchev–Trinajstić information content (AvgIpc) is 2.62. The van der Waals surface area contributed by atoms with Crippen molar-refractivity contribution in [3.05, 3.63) is 42.5 Å². The van der Waals surface area contributed by atoms with Crippen molar-refractivity contribution in [2.45, 2.75) is 19.1 Å². The van der Waals surface area contributed by atoms with E-state index < -0.39 is 24.5 Å². The Morgan fingerprint density at radius 2 is 2.04 bits per heavy atom. The van der Waals surface area contributed by atoms with Crippen molar-refractivity contribution in [2.75, 3.05) is 17.7 Å². The second-order valence-electron chi connectivity index (χ2n) is 5.59. The van der Waals surface area contributed by atoms with Gasteiger partial charge in [0, 0.05) is 11.8 Å². The van der Waals surface area contributed by atoms with E-state index in [0.29, 0.717) is 11.4 Å². The number of rotatable bonds is 6. The van der Waals surface area contributed by atoms with Crippen LogP contribution in [0, 0.1) is 0 Å². The lowest BCUT2D eigenvalue weighted by molar-refractivity contribution is -0.128. The van der Waals surface area contributed by atoms with Crippen molar-refractivity contribution in [1.29, 1.82) is 0 Å². The van der Waals surface area contributed by atoms with Gasteiger partial charge >= 0.3 is 6.61 Å². The Hall–Kier alpha value is -3.36. The molecule has 2 N–H and O–H groups in total. The van der Waals surface area contributed by atoms with Crippen LogP contribution >= 0.6 is 0 Å². The molecule has 9 heteroatoms. The Bertz CT molecular complexity index is 859. The molecule has 0 spiro atoms. The van der Waals surface area contributed by atoms with Crippen LogP contribution in [0.4, 0.5) is 20.2 Å². The molecule has 2 amide bonds. The molecule has 142 valence electrons. The third kappa shape index (κ3) is 4.43. The smallest absolute Gasteiger partial charge is 0.387 e. The van der Waals surface area contributed by atoms with Crippen molar-refractivity contribution in [2.24, 2.45) is 0 Å². The summed E-state index contributed by atoms with van der Waals surface area (Å²) in [4.78, 5) is 24.3. The minimum Gasteiger partial charge on any atom is -0.493 e. The highest BCUT2D eigenvalue weighted by atomic mass is 19.3. The van der Waals surface area contributed by atoms with E-state index in [4.69, 9.17) is 9.47 Å². The van der Waals surface area contributed by atoms with Crippen molar-refractivity contribution < 1.29 is 32.6 Å². The van der Waals surface area contributed by atoms with Gasteiger partial charge in [-0.3, -0.25) is 9.59 Å². The molecular formula is C18H16F2N2O5. The molecule has 0 aromatic heterocycles. The van der Waals surface area contributed by atoms with Crippen LogP contribution in [0.5, 0.6) is 17.2 Å². The largest absolute Gasteiger partial charge is 0.493 e. The van der Waals surface area contributed by atoms with Gasteiger partial charge in [0.25, 0.3) is 5.91 Å². The van der Waals surface area contributed by atoms with Gasteiger partial charge in [0.05, 0.1) is 19.2 Å². The number of carbonyl (C=O) groups excluding carboxylic acids is 2. The Labute approximate surface area is 153 Å². The van der Waals surface area contributed by atoms with Gasteiger partial charge < -0.3 is 24.8 Å². The van der Waals surface area contributed by atoms with Gasteiger partial charge in [-0.05, 0) is 24.3 Å². The molecule has 0 fully saturated rings. The van der Waals surface area contributed by atoms with Crippen molar-refractivity contribution >= 4 is 23.2 Å². The van der Waals surface area contributed by atoms with E-state index in [1.54, 1.807) is 24.3 Å². The molecule has 3 rings (SSSR count). The van der Waals surface area contributed by atoms with Gasteiger partial charge in [0.15, 0.2) is 17.6 Å². The molecule has 2 aromatic rings. The number of benzene rings is 2. The first-order valence-corrected chi connectivity index (χ1v) is 7.95. The molecule has 1 atom stereocenters. The number of hydrogen-bond donors (Lipinski definition) is 2. The van der Waals surface area contributed by atoms with Crippen molar-refractivity contribution in [1.82, 2.24) is 0 Å². The highest BCUT2D eigenvalue weighted by molar-refractivity contribution is 6.02. The first-order valence-electron chi connectivity index (χ1n) is 7.95. The number of methoxy groups -OCH3 is 1. The van der Waals surface area contributed by atoms with Crippen molar-refractivity contribution in [3.8, 4) is 17.2 Å². The normalized spacial score (nSPS) is 15.4. The SMILES string of the molecule is COc1ccc(NC(=O)CC2Oc3ccccc3NC2=O)cc1OC(F)F. The number of fused-ring (bicyclic) bond motifs is 1. The average molecular weight is 378 g/mol. The van der Waals surface area contributed by atoms with Crippen LogP contribution in [0.1, 0.15) is 6.42 Å². The summed E-state index contributed by atoms with van der Waals surface area (Å²) in [5.74, 6) is -0.624. The zero-order valence-electron chi connectivity index (χ0n) is 14.2. The quantitative estimate of drug-likeness (QED) is 0.807.